The Morgan fingerprint density at radius 3 is 2.38 bits per heavy atom. The van der Waals surface area contributed by atoms with Crippen molar-refractivity contribution >= 4 is 43.2 Å². The maximum absolute atomic E-state index is 12.9. The van der Waals surface area contributed by atoms with E-state index in [2.05, 4.69) is 10.3 Å². The third kappa shape index (κ3) is 4.79. The first kappa shape index (κ1) is 23.8. The van der Waals surface area contributed by atoms with Crippen LogP contribution in [0.25, 0.3) is 20.7 Å². The summed E-state index contributed by atoms with van der Waals surface area (Å²) in [5.41, 5.74) is 1.15. The molecule has 0 aliphatic carbocycles. The number of nitrogens with zero attached hydrogens (tertiary/aromatic N) is 3. The molecule has 176 valence electrons. The summed E-state index contributed by atoms with van der Waals surface area (Å²) in [4.78, 5) is 31.5. The normalized spacial score (nSPS) is 11.7. The fourth-order valence-corrected chi connectivity index (χ4v) is 6.05. The Labute approximate surface area is 201 Å². The average Bonchev–Trinajstić information content (AvgIpc) is 3.28. The number of fused-ring (bicyclic) bond motifs is 1. The lowest BCUT2D eigenvalue weighted by atomic mass is 10.2. The number of hydrogen-bond acceptors (Lipinski definition) is 6. The molecular weight excluding hydrogens is 472 g/mol. The van der Waals surface area contributed by atoms with Crippen LogP contribution >= 0.6 is 11.3 Å². The molecule has 0 fully saturated rings. The van der Waals surface area contributed by atoms with Crippen LogP contribution in [0.15, 0.2) is 76.7 Å². The molecular formula is C24H24N4O4S2. The van der Waals surface area contributed by atoms with Crippen molar-refractivity contribution in [3.63, 3.8) is 0 Å². The molecule has 0 aliphatic rings. The molecule has 2 heterocycles. The molecule has 2 aromatic heterocycles. The van der Waals surface area contributed by atoms with E-state index in [9.17, 15) is 18.0 Å². The first-order valence-electron chi connectivity index (χ1n) is 10.8. The van der Waals surface area contributed by atoms with Gasteiger partial charge in [-0.3, -0.25) is 14.2 Å². The zero-order valence-corrected chi connectivity index (χ0v) is 20.4. The predicted octanol–water partition coefficient (Wildman–Crippen LogP) is 3.79. The Morgan fingerprint density at radius 2 is 1.74 bits per heavy atom. The smallest absolute Gasteiger partial charge is 0.262 e. The Hall–Kier alpha value is -3.34. The van der Waals surface area contributed by atoms with Crippen molar-refractivity contribution in [2.75, 3.05) is 18.4 Å². The number of rotatable bonds is 8. The highest BCUT2D eigenvalue weighted by Gasteiger charge is 2.21. The van der Waals surface area contributed by atoms with Gasteiger partial charge in [-0.25, -0.2) is 13.4 Å². The summed E-state index contributed by atoms with van der Waals surface area (Å²) in [6, 6.07) is 17.5. The van der Waals surface area contributed by atoms with Crippen LogP contribution in [0.3, 0.4) is 0 Å². The van der Waals surface area contributed by atoms with Gasteiger partial charge >= 0.3 is 0 Å². The van der Waals surface area contributed by atoms with Crippen LogP contribution in [-0.2, 0) is 21.4 Å². The number of nitrogens with one attached hydrogen (secondary N) is 1. The van der Waals surface area contributed by atoms with Crippen LogP contribution in [0, 0.1) is 0 Å². The molecule has 10 heteroatoms. The van der Waals surface area contributed by atoms with Crippen LogP contribution in [-0.4, -0.2) is 41.3 Å². The lowest BCUT2D eigenvalue weighted by Crippen LogP contribution is -2.30. The second kappa shape index (κ2) is 9.88. The van der Waals surface area contributed by atoms with Crippen molar-refractivity contribution in [3.8, 4) is 10.4 Å². The molecule has 0 unspecified atom stereocenters. The summed E-state index contributed by atoms with van der Waals surface area (Å²) < 4.78 is 27.8. The summed E-state index contributed by atoms with van der Waals surface area (Å²) >= 11 is 1.43. The molecule has 8 nitrogen and oxygen atoms in total. The largest absolute Gasteiger partial charge is 0.325 e. The topological polar surface area (TPSA) is 101 Å². The number of carbonyl (C=O) groups is 1. The monoisotopic (exact) mass is 496 g/mol. The van der Waals surface area contributed by atoms with Gasteiger partial charge in [0.2, 0.25) is 15.9 Å². The van der Waals surface area contributed by atoms with Crippen LogP contribution in [0.5, 0.6) is 0 Å². The molecule has 0 spiro atoms. The van der Waals surface area contributed by atoms with Gasteiger partial charge in [-0.15, -0.1) is 11.3 Å². The fraction of sp³-hybridized carbons (Fsp3) is 0.208. The minimum absolute atomic E-state index is 0.159. The first-order valence-corrected chi connectivity index (χ1v) is 13.0. The van der Waals surface area contributed by atoms with Gasteiger partial charge in [0.1, 0.15) is 11.4 Å². The summed E-state index contributed by atoms with van der Waals surface area (Å²) in [6.07, 6.45) is 1.37. The van der Waals surface area contributed by atoms with E-state index in [4.69, 9.17) is 0 Å². The zero-order chi connectivity index (χ0) is 24.3. The zero-order valence-electron chi connectivity index (χ0n) is 18.8. The summed E-state index contributed by atoms with van der Waals surface area (Å²) in [5, 5.41) is 3.16. The van der Waals surface area contributed by atoms with Crippen LogP contribution < -0.4 is 10.9 Å². The highest BCUT2D eigenvalue weighted by atomic mass is 32.2. The van der Waals surface area contributed by atoms with Gasteiger partial charge in [0.15, 0.2) is 0 Å². The van der Waals surface area contributed by atoms with Gasteiger partial charge < -0.3 is 5.32 Å². The maximum atomic E-state index is 12.9. The van der Waals surface area contributed by atoms with Crippen molar-refractivity contribution in [2.45, 2.75) is 25.3 Å². The second-order valence-electron chi connectivity index (χ2n) is 7.54. The van der Waals surface area contributed by atoms with E-state index >= 15 is 0 Å². The number of benzene rings is 2. The Morgan fingerprint density at radius 1 is 1.06 bits per heavy atom. The Balaban J connectivity index is 1.49. The van der Waals surface area contributed by atoms with Crippen LogP contribution in [0.4, 0.5) is 5.69 Å². The van der Waals surface area contributed by atoms with Gasteiger partial charge in [0, 0.05) is 23.7 Å². The van der Waals surface area contributed by atoms with E-state index in [0.29, 0.717) is 29.0 Å². The van der Waals surface area contributed by atoms with Gasteiger partial charge in [0.05, 0.1) is 16.6 Å². The Kier molecular flexibility index (Phi) is 6.92. The lowest BCUT2D eigenvalue weighted by Gasteiger charge is -2.18. The number of thiophene rings is 1. The molecule has 0 saturated carbocycles. The molecule has 1 N–H and O–H groups in total. The molecule has 0 saturated heterocycles. The van der Waals surface area contributed by atoms with E-state index in [1.54, 1.807) is 19.9 Å². The predicted molar refractivity (Wildman–Crippen MR) is 134 cm³/mol. The van der Waals surface area contributed by atoms with Gasteiger partial charge in [0.25, 0.3) is 5.56 Å². The van der Waals surface area contributed by atoms with Crippen LogP contribution in [0.2, 0.25) is 0 Å². The van der Waals surface area contributed by atoms with E-state index < -0.39 is 15.9 Å². The number of amides is 1. The average molecular weight is 497 g/mol. The molecule has 4 rings (SSSR count). The fourth-order valence-electron chi connectivity index (χ4n) is 3.60. The van der Waals surface area contributed by atoms with Gasteiger partial charge in [-0.05, 0) is 35.9 Å². The van der Waals surface area contributed by atoms with Crippen molar-refractivity contribution in [2.24, 2.45) is 0 Å². The molecule has 4 aromatic rings. The van der Waals surface area contributed by atoms with Gasteiger partial charge in [-0.1, -0.05) is 44.2 Å². The van der Waals surface area contributed by atoms with E-state index in [1.807, 2.05) is 30.3 Å². The lowest BCUT2D eigenvalue weighted by molar-refractivity contribution is -0.116. The highest BCUT2D eigenvalue weighted by molar-refractivity contribution is 7.89. The van der Waals surface area contributed by atoms with E-state index in [-0.39, 0.29) is 17.0 Å². The molecule has 0 bridgehead atoms. The number of anilines is 1. The second-order valence-corrected chi connectivity index (χ2v) is 10.5. The number of carbonyl (C=O) groups excluding carboxylic acids is 1. The molecule has 0 atom stereocenters. The van der Waals surface area contributed by atoms with Crippen molar-refractivity contribution < 1.29 is 13.2 Å². The third-order valence-corrected chi connectivity index (χ3v) is 8.53. The minimum Gasteiger partial charge on any atom is -0.325 e. The van der Waals surface area contributed by atoms with E-state index in [0.717, 1.165) is 10.4 Å². The first-order chi connectivity index (χ1) is 16.3. The summed E-state index contributed by atoms with van der Waals surface area (Å²) in [5.74, 6) is -0.416. The SMILES string of the molecule is CCN(CC)S(=O)(=O)c1ccc(NC(=O)Cn2cnc3sc(-c4ccccc4)cc3c2=O)cc1. The minimum atomic E-state index is -3.57. The highest BCUT2D eigenvalue weighted by Crippen LogP contribution is 2.30. The third-order valence-electron chi connectivity index (χ3n) is 5.37. The number of sulfonamides is 1. The molecule has 2 aromatic carbocycles. The quantitative estimate of drug-likeness (QED) is 0.400. The van der Waals surface area contributed by atoms with Gasteiger partial charge in [-0.2, -0.15) is 4.31 Å². The maximum Gasteiger partial charge on any atom is 0.262 e. The van der Waals surface area contributed by atoms with Crippen molar-refractivity contribution in [3.05, 3.63) is 77.3 Å². The Bertz CT molecular complexity index is 1470. The standard InChI is InChI=1S/C24H24N4O4S2/c1-3-28(4-2)34(31,32)19-12-10-18(11-13-19)26-22(29)15-27-16-25-23-20(24(27)30)14-21(33-23)17-8-6-5-7-9-17/h5-14,16H,3-4,15H2,1-2H3,(H,26,29). The summed E-state index contributed by atoms with van der Waals surface area (Å²) in [7, 11) is -3.57. The molecule has 34 heavy (non-hydrogen) atoms. The number of aromatic nitrogens is 2. The van der Waals surface area contributed by atoms with Crippen LogP contribution in [0.1, 0.15) is 13.8 Å². The molecule has 1 amide bonds. The summed E-state index contributed by atoms with van der Waals surface area (Å²) in [6.45, 7) is 4.10. The van der Waals surface area contributed by atoms with Crippen molar-refractivity contribution in [1.29, 1.82) is 0 Å². The van der Waals surface area contributed by atoms with Crippen molar-refractivity contribution in [1.82, 2.24) is 13.9 Å². The van der Waals surface area contributed by atoms with E-state index in [1.165, 1.54) is 50.8 Å². The number of hydrogen-bond donors (Lipinski definition) is 1. The molecule has 0 radical (unpaired) electrons. The molecule has 0 aliphatic heterocycles.